The summed E-state index contributed by atoms with van der Waals surface area (Å²) in [5.74, 6) is 1.52. The molecule has 6 nitrogen and oxygen atoms in total. The van der Waals surface area contributed by atoms with Crippen LogP contribution in [0.15, 0.2) is 47.1 Å². The average molecular weight is 360 g/mol. The largest absolute Gasteiger partial charge is 0.353 e. The molecule has 0 aliphatic heterocycles. The van der Waals surface area contributed by atoms with Gasteiger partial charge in [-0.2, -0.15) is 4.98 Å². The molecule has 8 heteroatoms. The Hall–Kier alpha value is -2.51. The SMILES string of the molecule is Cc1ccc(NC(=S)NCc2nc(-c3ccccc3Cl)no2)nc1. The lowest BCUT2D eigenvalue weighted by Gasteiger charge is -2.07. The highest BCUT2D eigenvalue weighted by Crippen LogP contribution is 2.24. The van der Waals surface area contributed by atoms with Crippen molar-refractivity contribution >= 4 is 34.7 Å². The third-order valence-electron chi connectivity index (χ3n) is 3.14. The van der Waals surface area contributed by atoms with Crippen molar-refractivity contribution in [3.05, 3.63) is 59.1 Å². The van der Waals surface area contributed by atoms with E-state index in [0.29, 0.717) is 34.2 Å². The molecule has 0 spiro atoms. The molecule has 0 amide bonds. The van der Waals surface area contributed by atoms with Gasteiger partial charge in [-0.25, -0.2) is 4.98 Å². The number of anilines is 1. The monoisotopic (exact) mass is 359 g/mol. The van der Waals surface area contributed by atoms with Crippen molar-refractivity contribution in [3.63, 3.8) is 0 Å². The van der Waals surface area contributed by atoms with Crippen LogP contribution < -0.4 is 10.6 Å². The fourth-order valence-corrected chi connectivity index (χ4v) is 2.33. The second-order valence-electron chi connectivity index (χ2n) is 5.02. The van der Waals surface area contributed by atoms with E-state index in [-0.39, 0.29) is 0 Å². The van der Waals surface area contributed by atoms with Gasteiger partial charge in [0.15, 0.2) is 5.11 Å². The Morgan fingerprint density at radius 3 is 2.83 bits per heavy atom. The zero-order valence-corrected chi connectivity index (χ0v) is 14.4. The van der Waals surface area contributed by atoms with Gasteiger partial charge in [0.05, 0.1) is 11.6 Å². The number of nitrogens with zero attached hydrogens (tertiary/aromatic N) is 3. The van der Waals surface area contributed by atoms with Crippen molar-refractivity contribution in [2.75, 3.05) is 5.32 Å². The maximum Gasteiger partial charge on any atom is 0.246 e. The van der Waals surface area contributed by atoms with Gasteiger partial charge in [-0.05, 0) is 42.9 Å². The zero-order valence-electron chi connectivity index (χ0n) is 12.8. The predicted molar refractivity (Wildman–Crippen MR) is 96.8 cm³/mol. The summed E-state index contributed by atoms with van der Waals surface area (Å²) >= 11 is 11.3. The Bertz CT molecular complexity index is 850. The maximum absolute atomic E-state index is 6.12. The van der Waals surface area contributed by atoms with Crippen molar-refractivity contribution in [3.8, 4) is 11.4 Å². The lowest BCUT2D eigenvalue weighted by Crippen LogP contribution is -2.28. The number of thiocarbonyl (C=S) groups is 1. The molecule has 0 fully saturated rings. The summed E-state index contributed by atoms with van der Waals surface area (Å²) in [5, 5.41) is 10.9. The van der Waals surface area contributed by atoms with Crippen LogP contribution in [0.2, 0.25) is 5.02 Å². The van der Waals surface area contributed by atoms with Gasteiger partial charge in [0.1, 0.15) is 5.82 Å². The van der Waals surface area contributed by atoms with Gasteiger partial charge in [-0.15, -0.1) is 0 Å². The van der Waals surface area contributed by atoms with Crippen molar-refractivity contribution in [2.24, 2.45) is 0 Å². The topological polar surface area (TPSA) is 75.9 Å². The number of rotatable bonds is 4. The Morgan fingerprint density at radius 1 is 1.25 bits per heavy atom. The second kappa shape index (κ2) is 7.37. The number of aryl methyl sites for hydroxylation is 1. The van der Waals surface area contributed by atoms with E-state index in [4.69, 9.17) is 28.3 Å². The predicted octanol–water partition coefficient (Wildman–Crippen LogP) is 3.58. The van der Waals surface area contributed by atoms with Crippen molar-refractivity contribution in [2.45, 2.75) is 13.5 Å². The Labute approximate surface area is 149 Å². The minimum Gasteiger partial charge on any atom is -0.353 e. The van der Waals surface area contributed by atoms with Crippen molar-refractivity contribution < 1.29 is 4.52 Å². The van der Waals surface area contributed by atoms with Gasteiger partial charge >= 0.3 is 0 Å². The normalized spacial score (nSPS) is 10.4. The van der Waals surface area contributed by atoms with Crippen LogP contribution in [0.1, 0.15) is 11.5 Å². The van der Waals surface area contributed by atoms with Crippen molar-refractivity contribution in [1.29, 1.82) is 0 Å². The molecule has 2 heterocycles. The average Bonchev–Trinajstić information content (AvgIpc) is 3.04. The van der Waals surface area contributed by atoms with Gasteiger partial charge in [0.2, 0.25) is 11.7 Å². The summed E-state index contributed by atoms with van der Waals surface area (Å²) in [6.45, 7) is 2.27. The molecule has 1 aromatic carbocycles. The molecular formula is C16H14ClN5OS. The quantitative estimate of drug-likeness (QED) is 0.689. The molecule has 0 atom stereocenters. The van der Waals surface area contributed by atoms with Gasteiger partial charge in [0, 0.05) is 11.8 Å². The van der Waals surface area contributed by atoms with Crippen LogP contribution in [-0.4, -0.2) is 20.2 Å². The van der Waals surface area contributed by atoms with Gasteiger partial charge in [0.25, 0.3) is 0 Å². The first-order valence-electron chi connectivity index (χ1n) is 7.17. The van der Waals surface area contributed by atoms with E-state index in [1.807, 2.05) is 37.3 Å². The highest BCUT2D eigenvalue weighted by molar-refractivity contribution is 7.80. The summed E-state index contributed by atoms with van der Waals surface area (Å²) in [6, 6.07) is 11.1. The molecule has 2 N–H and O–H groups in total. The van der Waals surface area contributed by atoms with E-state index >= 15 is 0 Å². The van der Waals surface area contributed by atoms with Gasteiger partial charge in [-0.3, -0.25) is 0 Å². The summed E-state index contributed by atoms with van der Waals surface area (Å²) in [6.07, 6.45) is 1.76. The van der Waals surface area contributed by atoms with Crippen LogP contribution in [0.5, 0.6) is 0 Å². The van der Waals surface area contributed by atoms with Crippen LogP contribution in [0.4, 0.5) is 5.82 Å². The first-order chi connectivity index (χ1) is 11.6. The number of halogens is 1. The number of aromatic nitrogens is 3. The molecule has 3 aromatic rings. The highest BCUT2D eigenvalue weighted by Gasteiger charge is 2.11. The summed E-state index contributed by atoms with van der Waals surface area (Å²) in [5.41, 5.74) is 1.80. The fourth-order valence-electron chi connectivity index (χ4n) is 1.94. The highest BCUT2D eigenvalue weighted by atomic mass is 35.5. The molecule has 0 saturated carbocycles. The van der Waals surface area contributed by atoms with Crippen LogP contribution in [0.25, 0.3) is 11.4 Å². The zero-order chi connectivity index (χ0) is 16.9. The number of hydrogen-bond donors (Lipinski definition) is 2. The molecule has 0 saturated heterocycles. The summed E-state index contributed by atoms with van der Waals surface area (Å²) in [7, 11) is 0. The van der Waals surface area contributed by atoms with Crippen LogP contribution in [-0.2, 0) is 6.54 Å². The van der Waals surface area contributed by atoms with Gasteiger partial charge in [-0.1, -0.05) is 35.0 Å². The van der Waals surface area contributed by atoms with E-state index < -0.39 is 0 Å². The smallest absolute Gasteiger partial charge is 0.246 e. The lowest BCUT2D eigenvalue weighted by atomic mass is 10.2. The Kier molecular flexibility index (Phi) is 5.02. The maximum atomic E-state index is 6.12. The molecule has 0 bridgehead atoms. The van der Waals surface area contributed by atoms with Gasteiger partial charge < -0.3 is 15.2 Å². The molecule has 2 aromatic heterocycles. The van der Waals surface area contributed by atoms with Crippen LogP contribution >= 0.6 is 23.8 Å². The van der Waals surface area contributed by atoms with Crippen molar-refractivity contribution in [1.82, 2.24) is 20.4 Å². The summed E-state index contributed by atoms with van der Waals surface area (Å²) in [4.78, 5) is 8.53. The van der Waals surface area contributed by atoms with E-state index in [0.717, 1.165) is 11.1 Å². The Balaban J connectivity index is 1.58. The van der Waals surface area contributed by atoms with E-state index in [9.17, 15) is 0 Å². The molecule has 24 heavy (non-hydrogen) atoms. The number of nitrogens with one attached hydrogen (secondary N) is 2. The first-order valence-corrected chi connectivity index (χ1v) is 7.95. The second-order valence-corrected chi connectivity index (χ2v) is 5.84. The third-order valence-corrected chi connectivity index (χ3v) is 3.71. The molecule has 0 aliphatic rings. The number of hydrogen-bond acceptors (Lipinski definition) is 5. The minimum absolute atomic E-state index is 0.301. The van der Waals surface area contributed by atoms with E-state index in [1.54, 1.807) is 12.3 Å². The molecule has 0 aliphatic carbocycles. The Morgan fingerprint density at radius 2 is 2.08 bits per heavy atom. The molecule has 122 valence electrons. The molecule has 0 radical (unpaired) electrons. The van der Waals surface area contributed by atoms with Crippen LogP contribution in [0.3, 0.4) is 0 Å². The van der Waals surface area contributed by atoms with E-state index in [2.05, 4.69) is 25.8 Å². The number of pyridine rings is 1. The standard InChI is InChI=1S/C16H14ClN5OS/c1-10-6-7-13(18-8-10)20-16(24)19-9-14-21-15(22-23-14)11-4-2-3-5-12(11)17/h2-8H,9H2,1H3,(H2,18,19,20,24). The number of benzene rings is 1. The molecule has 0 unspecified atom stereocenters. The molecular weight excluding hydrogens is 346 g/mol. The first kappa shape index (κ1) is 16.4. The lowest BCUT2D eigenvalue weighted by molar-refractivity contribution is 0.376. The summed E-state index contributed by atoms with van der Waals surface area (Å²) < 4.78 is 5.21. The van der Waals surface area contributed by atoms with E-state index in [1.165, 1.54) is 0 Å². The van der Waals surface area contributed by atoms with Crippen LogP contribution in [0, 0.1) is 6.92 Å². The fraction of sp³-hybridized carbons (Fsp3) is 0.125. The minimum atomic E-state index is 0.301. The third kappa shape index (κ3) is 4.06. The molecule has 3 rings (SSSR count).